The highest BCUT2D eigenvalue weighted by Gasteiger charge is 2.37. The number of carbonyl (C=O) groups is 1. The maximum Gasteiger partial charge on any atom is 0.244 e. The Labute approximate surface area is 109 Å². The number of nitrogens with two attached hydrogens (primary N) is 1. The van der Waals surface area contributed by atoms with Crippen LogP contribution in [0.5, 0.6) is 0 Å². The molecule has 1 unspecified atom stereocenters. The van der Waals surface area contributed by atoms with Gasteiger partial charge in [-0.2, -0.15) is 0 Å². The number of carbonyl (C=O) groups excluding carboxylic acids is 1. The maximum absolute atomic E-state index is 11.8. The summed E-state index contributed by atoms with van der Waals surface area (Å²) >= 11 is 0. The number of primary amides is 1. The van der Waals surface area contributed by atoms with E-state index in [1.807, 2.05) is 30.3 Å². The number of likely N-dealkylation sites (N-methyl/N-ethyl adjacent to an activating group) is 1. The molecular formula is C14H22N2O2. The van der Waals surface area contributed by atoms with E-state index in [4.69, 9.17) is 10.5 Å². The van der Waals surface area contributed by atoms with E-state index >= 15 is 0 Å². The molecule has 0 saturated carbocycles. The van der Waals surface area contributed by atoms with Crippen LogP contribution in [0.4, 0.5) is 0 Å². The van der Waals surface area contributed by atoms with Gasteiger partial charge in [0, 0.05) is 6.61 Å². The normalized spacial score (nSPS) is 14.4. The third-order valence-corrected chi connectivity index (χ3v) is 2.88. The number of rotatable bonds is 7. The van der Waals surface area contributed by atoms with Crippen molar-refractivity contribution in [2.75, 3.05) is 20.3 Å². The molecule has 18 heavy (non-hydrogen) atoms. The lowest BCUT2D eigenvalue weighted by atomic mass is 9.90. The molecule has 0 radical (unpaired) electrons. The summed E-state index contributed by atoms with van der Waals surface area (Å²) in [5, 5.41) is 3.01. The molecule has 0 fully saturated rings. The van der Waals surface area contributed by atoms with Crippen LogP contribution in [-0.4, -0.2) is 26.2 Å². The van der Waals surface area contributed by atoms with Gasteiger partial charge >= 0.3 is 0 Å². The molecule has 1 rings (SSSR count). The zero-order valence-electron chi connectivity index (χ0n) is 11.3. The van der Waals surface area contributed by atoms with Crippen molar-refractivity contribution >= 4 is 5.91 Å². The molecule has 0 aliphatic rings. The van der Waals surface area contributed by atoms with Crippen LogP contribution < -0.4 is 11.1 Å². The van der Waals surface area contributed by atoms with E-state index in [0.29, 0.717) is 12.5 Å². The predicted octanol–water partition coefficient (Wildman–Crippen LogP) is 1.26. The fraction of sp³-hybridized carbons (Fsp3) is 0.500. The molecule has 3 N–H and O–H groups in total. The smallest absolute Gasteiger partial charge is 0.244 e. The Morgan fingerprint density at radius 3 is 2.44 bits per heavy atom. The van der Waals surface area contributed by atoms with Crippen LogP contribution in [0.3, 0.4) is 0 Å². The third-order valence-electron chi connectivity index (χ3n) is 2.88. The quantitative estimate of drug-likeness (QED) is 0.765. The standard InChI is InChI=1S/C14H22N2O2/c1-11(2)9-18-10-14(16-3,13(15)17)12-7-5-4-6-8-12/h4-8,11,16H,9-10H2,1-3H3,(H2,15,17). The fourth-order valence-corrected chi connectivity index (χ4v) is 1.81. The van der Waals surface area contributed by atoms with Crippen molar-refractivity contribution in [3.05, 3.63) is 35.9 Å². The first-order valence-corrected chi connectivity index (χ1v) is 6.15. The lowest BCUT2D eigenvalue weighted by molar-refractivity contribution is -0.127. The van der Waals surface area contributed by atoms with E-state index in [2.05, 4.69) is 19.2 Å². The lowest BCUT2D eigenvalue weighted by Gasteiger charge is -2.30. The summed E-state index contributed by atoms with van der Waals surface area (Å²) in [5.41, 5.74) is 5.41. The van der Waals surface area contributed by atoms with Gasteiger partial charge in [-0.25, -0.2) is 0 Å². The highest BCUT2D eigenvalue weighted by atomic mass is 16.5. The first-order valence-electron chi connectivity index (χ1n) is 6.15. The van der Waals surface area contributed by atoms with Crippen LogP contribution >= 0.6 is 0 Å². The van der Waals surface area contributed by atoms with Gasteiger partial charge in [0.05, 0.1) is 6.61 Å². The Morgan fingerprint density at radius 2 is 2.00 bits per heavy atom. The minimum absolute atomic E-state index is 0.237. The minimum atomic E-state index is -0.962. The molecule has 1 amide bonds. The SMILES string of the molecule is CNC(COCC(C)C)(C(N)=O)c1ccccc1. The largest absolute Gasteiger partial charge is 0.378 e. The molecule has 0 heterocycles. The molecule has 0 aliphatic carbocycles. The van der Waals surface area contributed by atoms with Gasteiger partial charge in [-0.1, -0.05) is 44.2 Å². The second-order valence-electron chi connectivity index (χ2n) is 4.79. The monoisotopic (exact) mass is 250 g/mol. The Hall–Kier alpha value is -1.39. The number of hydrogen-bond donors (Lipinski definition) is 2. The van der Waals surface area contributed by atoms with Crippen LogP contribution in [0.15, 0.2) is 30.3 Å². The van der Waals surface area contributed by atoms with Crippen molar-refractivity contribution in [1.82, 2.24) is 5.32 Å². The van der Waals surface area contributed by atoms with Gasteiger partial charge in [0.25, 0.3) is 0 Å². The Balaban J connectivity index is 2.92. The first-order chi connectivity index (χ1) is 8.53. The lowest BCUT2D eigenvalue weighted by Crippen LogP contribution is -2.54. The summed E-state index contributed by atoms with van der Waals surface area (Å²) in [7, 11) is 1.72. The van der Waals surface area contributed by atoms with Crippen molar-refractivity contribution in [1.29, 1.82) is 0 Å². The molecule has 100 valence electrons. The van der Waals surface area contributed by atoms with Gasteiger partial charge < -0.3 is 15.8 Å². The van der Waals surface area contributed by atoms with Crippen LogP contribution in [0.2, 0.25) is 0 Å². The maximum atomic E-state index is 11.8. The molecule has 1 aromatic rings. The second-order valence-corrected chi connectivity index (χ2v) is 4.79. The first kappa shape index (κ1) is 14.7. The Kier molecular flexibility index (Phi) is 5.31. The zero-order valence-corrected chi connectivity index (χ0v) is 11.3. The van der Waals surface area contributed by atoms with E-state index in [9.17, 15) is 4.79 Å². The van der Waals surface area contributed by atoms with E-state index in [1.54, 1.807) is 7.05 Å². The Morgan fingerprint density at radius 1 is 1.39 bits per heavy atom. The second kappa shape index (κ2) is 6.52. The summed E-state index contributed by atoms with van der Waals surface area (Å²) in [6.07, 6.45) is 0. The van der Waals surface area contributed by atoms with Crippen molar-refractivity contribution in [3.63, 3.8) is 0 Å². The molecule has 0 aliphatic heterocycles. The summed E-state index contributed by atoms with van der Waals surface area (Å²) in [4.78, 5) is 11.8. The number of benzene rings is 1. The fourth-order valence-electron chi connectivity index (χ4n) is 1.81. The molecule has 4 nitrogen and oxygen atoms in total. The van der Waals surface area contributed by atoms with Crippen LogP contribution in [0.1, 0.15) is 19.4 Å². The van der Waals surface area contributed by atoms with Crippen LogP contribution in [-0.2, 0) is 15.1 Å². The van der Waals surface area contributed by atoms with Gasteiger partial charge in [0.2, 0.25) is 5.91 Å². The average Bonchev–Trinajstić information content (AvgIpc) is 2.35. The highest BCUT2D eigenvalue weighted by Crippen LogP contribution is 2.21. The molecule has 0 spiro atoms. The van der Waals surface area contributed by atoms with E-state index in [1.165, 1.54) is 0 Å². The minimum Gasteiger partial charge on any atom is -0.378 e. The topological polar surface area (TPSA) is 64.3 Å². The molecule has 0 aromatic heterocycles. The number of amides is 1. The molecule has 4 heteroatoms. The zero-order chi connectivity index (χ0) is 13.6. The number of hydrogen-bond acceptors (Lipinski definition) is 3. The molecule has 0 bridgehead atoms. The van der Waals surface area contributed by atoms with E-state index < -0.39 is 11.4 Å². The van der Waals surface area contributed by atoms with Gasteiger partial charge in [-0.05, 0) is 18.5 Å². The van der Waals surface area contributed by atoms with E-state index in [0.717, 1.165) is 5.56 Å². The van der Waals surface area contributed by atoms with Crippen molar-refractivity contribution < 1.29 is 9.53 Å². The number of nitrogens with one attached hydrogen (secondary N) is 1. The third kappa shape index (κ3) is 3.31. The van der Waals surface area contributed by atoms with Crippen molar-refractivity contribution in [3.8, 4) is 0 Å². The highest BCUT2D eigenvalue weighted by molar-refractivity contribution is 5.86. The Bertz CT molecular complexity index is 379. The van der Waals surface area contributed by atoms with Crippen LogP contribution in [0, 0.1) is 5.92 Å². The van der Waals surface area contributed by atoms with Gasteiger partial charge in [-0.15, -0.1) is 0 Å². The molecule has 0 saturated heterocycles. The van der Waals surface area contributed by atoms with Crippen LogP contribution in [0.25, 0.3) is 0 Å². The summed E-state index contributed by atoms with van der Waals surface area (Å²) in [6, 6.07) is 9.42. The predicted molar refractivity (Wildman–Crippen MR) is 72.0 cm³/mol. The summed E-state index contributed by atoms with van der Waals surface area (Å²) < 4.78 is 5.60. The average molecular weight is 250 g/mol. The molecule has 1 atom stereocenters. The van der Waals surface area contributed by atoms with Gasteiger partial charge in [-0.3, -0.25) is 4.79 Å². The van der Waals surface area contributed by atoms with E-state index in [-0.39, 0.29) is 6.61 Å². The van der Waals surface area contributed by atoms with Crippen molar-refractivity contribution in [2.24, 2.45) is 11.7 Å². The van der Waals surface area contributed by atoms with Gasteiger partial charge in [0.1, 0.15) is 5.54 Å². The number of ether oxygens (including phenoxy) is 1. The summed E-state index contributed by atoms with van der Waals surface area (Å²) in [5.74, 6) is -0.0110. The van der Waals surface area contributed by atoms with Gasteiger partial charge in [0.15, 0.2) is 0 Å². The molecular weight excluding hydrogens is 228 g/mol. The van der Waals surface area contributed by atoms with Crippen molar-refractivity contribution in [2.45, 2.75) is 19.4 Å². The molecule has 1 aromatic carbocycles. The summed E-state index contributed by atoms with van der Waals surface area (Å²) in [6.45, 7) is 4.96.